The van der Waals surface area contributed by atoms with Gasteiger partial charge in [-0.1, -0.05) is 24.3 Å². The molecule has 0 saturated carbocycles. The number of rotatable bonds is 7. The summed E-state index contributed by atoms with van der Waals surface area (Å²) in [5.41, 5.74) is 3.65. The van der Waals surface area contributed by atoms with Gasteiger partial charge in [0, 0.05) is 18.7 Å². The summed E-state index contributed by atoms with van der Waals surface area (Å²) in [4.78, 5) is 28.8. The number of aryl methyl sites for hydroxylation is 1. The molecule has 7 heteroatoms. The van der Waals surface area contributed by atoms with Crippen molar-refractivity contribution in [1.29, 1.82) is 0 Å². The number of hydroxylamine groups is 1. The number of aromatic nitrogens is 2. The Balaban J connectivity index is 1.89. The number of hydrogen-bond acceptors (Lipinski definition) is 5. The standard InChI is InChI=1S/C20H22N4O3/c1-14-22-17-11-7-10-16(21-13-6-5-12-18(25)23-27)19(17)20(26)24(14)15-8-3-2-4-9-15/h2-4,7-11,21,27H,5-6,12-13H2,1H3,(H,23,25). The van der Waals surface area contributed by atoms with E-state index < -0.39 is 5.91 Å². The molecule has 0 aliphatic heterocycles. The first-order valence-corrected chi connectivity index (χ1v) is 8.86. The monoisotopic (exact) mass is 366 g/mol. The SMILES string of the molecule is Cc1nc2cccc(NCCCCC(=O)NO)c2c(=O)n1-c1ccccc1. The molecule has 3 N–H and O–H groups in total. The predicted molar refractivity (Wildman–Crippen MR) is 104 cm³/mol. The molecule has 0 atom stereocenters. The molecular formula is C20H22N4O3. The average Bonchev–Trinajstić information content (AvgIpc) is 2.68. The third-order valence-electron chi connectivity index (χ3n) is 4.35. The Morgan fingerprint density at radius 1 is 1.11 bits per heavy atom. The van der Waals surface area contributed by atoms with Gasteiger partial charge in [0.1, 0.15) is 5.82 Å². The van der Waals surface area contributed by atoms with Crippen molar-refractivity contribution < 1.29 is 10.0 Å². The summed E-state index contributed by atoms with van der Waals surface area (Å²) in [6.45, 7) is 2.43. The van der Waals surface area contributed by atoms with Gasteiger partial charge in [-0.15, -0.1) is 0 Å². The zero-order chi connectivity index (χ0) is 19.2. The number of para-hydroxylation sites is 1. The van der Waals surface area contributed by atoms with Gasteiger partial charge in [0.15, 0.2) is 0 Å². The summed E-state index contributed by atoms with van der Waals surface area (Å²) in [5, 5.41) is 12.3. The van der Waals surface area contributed by atoms with E-state index in [-0.39, 0.29) is 12.0 Å². The van der Waals surface area contributed by atoms with Crippen LogP contribution < -0.4 is 16.4 Å². The molecule has 1 amide bonds. The highest BCUT2D eigenvalue weighted by Crippen LogP contribution is 2.20. The van der Waals surface area contributed by atoms with Gasteiger partial charge in [0.25, 0.3) is 5.56 Å². The lowest BCUT2D eigenvalue weighted by atomic mass is 10.1. The lowest BCUT2D eigenvalue weighted by molar-refractivity contribution is -0.129. The number of benzene rings is 2. The molecule has 3 rings (SSSR count). The van der Waals surface area contributed by atoms with Gasteiger partial charge >= 0.3 is 0 Å². The first-order chi connectivity index (χ1) is 13.1. The number of hydrogen-bond donors (Lipinski definition) is 3. The maximum atomic E-state index is 13.2. The molecule has 27 heavy (non-hydrogen) atoms. The Hall–Kier alpha value is -3.19. The van der Waals surface area contributed by atoms with Gasteiger partial charge in [0.05, 0.1) is 16.6 Å². The number of anilines is 1. The van der Waals surface area contributed by atoms with Crippen molar-refractivity contribution in [2.45, 2.75) is 26.2 Å². The molecule has 0 radical (unpaired) electrons. The quantitative estimate of drug-likeness (QED) is 0.339. The van der Waals surface area contributed by atoms with Crippen molar-refractivity contribution in [2.75, 3.05) is 11.9 Å². The summed E-state index contributed by atoms with van der Waals surface area (Å²) in [5.74, 6) is 0.233. The first kappa shape index (κ1) is 18.6. The van der Waals surface area contributed by atoms with Crippen molar-refractivity contribution in [1.82, 2.24) is 15.0 Å². The van der Waals surface area contributed by atoms with Crippen LogP contribution in [0.15, 0.2) is 53.3 Å². The van der Waals surface area contributed by atoms with Gasteiger partial charge in [-0.3, -0.25) is 19.4 Å². The molecule has 140 valence electrons. The number of amides is 1. The molecular weight excluding hydrogens is 344 g/mol. The van der Waals surface area contributed by atoms with Crippen molar-refractivity contribution in [3.63, 3.8) is 0 Å². The second-order valence-corrected chi connectivity index (χ2v) is 6.25. The fourth-order valence-corrected chi connectivity index (χ4v) is 3.06. The summed E-state index contributed by atoms with van der Waals surface area (Å²) in [6, 6.07) is 15.0. The highest BCUT2D eigenvalue weighted by atomic mass is 16.5. The van der Waals surface area contributed by atoms with E-state index in [1.165, 1.54) is 0 Å². The lowest BCUT2D eigenvalue weighted by Gasteiger charge is -2.14. The molecule has 0 bridgehead atoms. The van der Waals surface area contributed by atoms with Crippen LogP contribution in [0.4, 0.5) is 5.69 Å². The van der Waals surface area contributed by atoms with E-state index in [4.69, 9.17) is 5.21 Å². The van der Waals surface area contributed by atoms with Crippen LogP contribution >= 0.6 is 0 Å². The molecule has 1 heterocycles. The van der Waals surface area contributed by atoms with Gasteiger partial charge in [0.2, 0.25) is 5.91 Å². The maximum Gasteiger partial charge on any atom is 0.268 e. The third kappa shape index (κ3) is 4.15. The van der Waals surface area contributed by atoms with Crippen molar-refractivity contribution in [3.05, 3.63) is 64.7 Å². The van der Waals surface area contributed by atoms with Crippen LogP contribution in [0.25, 0.3) is 16.6 Å². The Bertz CT molecular complexity index is 999. The Morgan fingerprint density at radius 3 is 2.63 bits per heavy atom. The fourth-order valence-electron chi connectivity index (χ4n) is 3.06. The minimum Gasteiger partial charge on any atom is -0.384 e. The number of fused-ring (bicyclic) bond motifs is 1. The van der Waals surface area contributed by atoms with E-state index >= 15 is 0 Å². The van der Waals surface area contributed by atoms with Gasteiger partial charge < -0.3 is 5.32 Å². The molecule has 0 aliphatic carbocycles. The van der Waals surface area contributed by atoms with E-state index in [9.17, 15) is 9.59 Å². The highest BCUT2D eigenvalue weighted by Gasteiger charge is 2.13. The summed E-state index contributed by atoms with van der Waals surface area (Å²) < 4.78 is 1.61. The van der Waals surface area contributed by atoms with Crippen molar-refractivity contribution in [2.24, 2.45) is 0 Å². The van der Waals surface area contributed by atoms with Crippen LogP contribution in [0.5, 0.6) is 0 Å². The highest BCUT2D eigenvalue weighted by molar-refractivity contribution is 5.90. The van der Waals surface area contributed by atoms with Crippen molar-refractivity contribution >= 4 is 22.5 Å². The zero-order valence-electron chi connectivity index (χ0n) is 15.1. The molecule has 0 aliphatic rings. The first-order valence-electron chi connectivity index (χ1n) is 8.86. The van der Waals surface area contributed by atoms with Crippen LogP contribution in [-0.2, 0) is 4.79 Å². The molecule has 7 nitrogen and oxygen atoms in total. The maximum absolute atomic E-state index is 13.2. The van der Waals surface area contributed by atoms with E-state index in [0.717, 1.165) is 17.8 Å². The van der Waals surface area contributed by atoms with Crippen LogP contribution in [0.3, 0.4) is 0 Å². The number of carbonyl (C=O) groups is 1. The van der Waals surface area contributed by atoms with Crippen LogP contribution in [0, 0.1) is 6.92 Å². The lowest BCUT2D eigenvalue weighted by Crippen LogP contribution is -2.23. The Labute approximate surface area is 156 Å². The predicted octanol–water partition coefficient (Wildman–Crippen LogP) is 2.78. The normalized spacial score (nSPS) is 10.7. The molecule has 3 aromatic rings. The summed E-state index contributed by atoms with van der Waals surface area (Å²) in [7, 11) is 0. The topological polar surface area (TPSA) is 96.2 Å². The summed E-state index contributed by atoms with van der Waals surface area (Å²) in [6.07, 6.45) is 1.63. The van der Waals surface area contributed by atoms with E-state index in [1.54, 1.807) is 10.0 Å². The van der Waals surface area contributed by atoms with Gasteiger partial charge in [-0.2, -0.15) is 0 Å². The van der Waals surface area contributed by atoms with Crippen molar-refractivity contribution in [3.8, 4) is 5.69 Å². The van der Waals surface area contributed by atoms with E-state index in [1.807, 2.05) is 55.5 Å². The average molecular weight is 366 g/mol. The molecule has 0 unspecified atom stereocenters. The second kappa shape index (κ2) is 8.46. The van der Waals surface area contributed by atoms with E-state index in [2.05, 4.69) is 10.3 Å². The number of nitrogens with zero attached hydrogens (tertiary/aromatic N) is 2. The Kier molecular flexibility index (Phi) is 5.83. The van der Waals surface area contributed by atoms with Gasteiger partial charge in [-0.05, 0) is 44.0 Å². The van der Waals surface area contributed by atoms with Crippen LogP contribution in [0.2, 0.25) is 0 Å². The molecule has 0 spiro atoms. The number of unbranched alkanes of at least 4 members (excludes halogenated alkanes) is 1. The molecule has 1 aromatic heterocycles. The largest absolute Gasteiger partial charge is 0.384 e. The summed E-state index contributed by atoms with van der Waals surface area (Å²) >= 11 is 0. The van der Waals surface area contributed by atoms with Crippen LogP contribution in [-0.4, -0.2) is 27.2 Å². The van der Waals surface area contributed by atoms with E-state index in [0.29, 0.717) is 29.7 Å². The minimum absolute atomic E-state index is 0.119. The smallest absolute Gasteiger partial charge is 0.268 e. The molecule has 0 fully saturated rings. The number of nitrogens with one attached hydrogen (secondary N) is 2. The van der Waals surface area contributed by atoms with Crippen LogP contribution in [0.1, 0.15) is 25.1 Å². The Morgan fingerprint density at radius 2 is 1.89 bits per heavy atom. The fraction of sp³-hybridized carbons (Fsp3) is 0.250. The minimum atomic E-state index is -0.398. The van der Waals surface area contributed by atoms with Gasteiger partial charge in [-0.25, -0.2) is 10.5 Å². The third-order valence-corrected chi connectivity index (χ3v) is 4.35. The molecule has 2 aromatic carbocycles. The number of carbonyl (C=O) groups excluding carboxylic acids is 1. The second-order valence-electron chi connectivity index (χ2n) is 6.25. The zero-order valence-corrected chi connectivity index (χ0v) is 15.1. The molecule has 0 saturated heterocycles.